The van der Waals surface area contributed by atoms with Crippen molar-refractivity contribution in [1.29, 1.82) is 0 Å². The predicted molar refractivity (Wildman–Crippen MR) is 80.5 cm³/mol. The van der Waals surface area contributed by atoms with Crippen LogP contribution >= 0.6 is 11.3 Å². The number of amides is 1. The Balaban J connectivity index is 2.22. The molecule has 0 aliphatic heterocycles. The van der Waals surface area contributed by atoms with Crippen LogP contribution in [0.4, 0.5) is 5.00 Å². The molecule has 1 heterocycles. The minimum Gasteiger partial charge on any atom is -0.477 e. The van der Waals surface area contributed by atoms with Crippen molar-refractivity contribution in [2.45, 2.75) is 0 Å². The molecule has 1 amide bonds. The molecule has 0 aliphatic carbocycles. The minimum atomic E-state index is -1.33. The van der Waals surface area contributed by atoms with Crippen LogP contribution in [0, 0.1) is 10.1 Å². The number of hydrogen-bond acceptors (Lipinski definition) is 5. The molecule has 0 bridgehead atoms. The van der Waals surface area contributed by atoms with Gasteiger partial charge in [-0.25, -0.2) is 4.79 Å². The standard InChI is InChI=1S/C14H10N2O5S/c17-13(9-4-2-1-3-5-9)15-11(14(18)19)8-10-6-7-12(22-10)16(20)21/h1-8H,(H,15,17)(H,18,19)/b11-8-. The van der Waals surface area contributed by atoms with Crippen LogP contribution in [0.5, 0.6) is 0 Å². The van der Waals surface area contributed by atoms with Gasteiger partial charge in [0.25, 0.3) is 5.91 Å². The van der Waals surface area contributed by atoms with Gasteiger partial charge in [0.2, 0.25) is 0 Å². The third-order valence-corrected chi connectivity index (χ3v) is 3.58. The van der Waals surface area contributed by atoms with Crippen LogP contribution in [-0.2, 0) is 4.79 Å². The summed E-state index contributed by atoms with van der Waals surface area (Å²) in [7, 11) is 0. The first-order chi connectivity index (χ1) is 10.5. The summed E-state index contributed by atoms with van der Waals surface area (Å²) in [5.41, 5.74) is -0.0441. The van der Waals surface area contributed by atoms with E-state index in [0.29, 0.717) is 10.4 Å². The van der Waals surface area contributed by atoms with E-state index >= 15 is 0 Å². The maximum absolute atomic E-state index is 11.9. The molecule has 7 nitrogen and oxygen atoms in total. The molecule has 2 rings (SSSR count). The molecule has 0 radical (unpaired) electrons. The molecular formula is C14H10N2O5S. The van der Waals surface area contributed by atoms with Gasteiger partial charge in [0.1, 0.15) is 5.70 Å². The lowest BCUT2D eigenvalue weighted by atomic mass is 10.2. The highest BCUT2D eigenvalue weighted by molar-refractivity contribution is 7.16. The van der Waals surface area contributed by atoms with E-state index in [9.17, 15) is 19.7 Å². The fourth-order valence-corrected chi connectivity index (χ4v) is 2.36. The number of carbonyl (C=O) groups excluding carboxylic acids is 1. The van der Waals surface area contributed by atoms with E-state index in [2.05, 4.69) is 5.32 Å². The number of benzene rings is 1. The highest BCUT2D eigenvalue weighted by Crippen LogP contribution is 2.25. The average Bonchev–Trinajstić information content (AvgIpc) is 2.96. The minimum absolute atomic E-state index is 0.106. The number of nitro groups is 1. The Kier molecular flexibility index (Phi) is 4.64. The summed E-state index contributed by atoms with van der Waals surface area (Å²) in [6.07, 6.45) is 1.18. The third-order valence-electron chi connectivity index (χ3n) is 2.59. The SMILES string of the molecule is O=C(O)/C(=C/c1ccc([N+](=O)[O-])s1)NC(=O)c1ccccc1. The topological polar surface area (TPSA) is 110 Å². The van der Waals surface area contributed by atoms with Gasteiger partial charge in [0.15, 0.2) is 0 Å². The molecule has 0 unspecified atom stereocenters. The maximum Gasteiger partial charge on any atom is 0.352 e. The third kappa shape index (κ3) is 3.76. The Morgan fingerprint density at radius 3 is 2.41 bits per heavy atom. The monoisotopic (exact) mass is 318 g/mol. The van der Waals surface area contributed by atoms with E-state index in [4.69, 9.17) is 5.11 Å². The molecule has 8 heteroatoms. The van der Waals surface area contributed by atoms with Crippen LogP contribution in [0.25, 0.3) is 6.08 Å². The summed E-state index contributed by atoms with van der Waals surface area (Å²) in [4.78, 5) is 33.5. The van der Waals surface area contributed by atoms with E-state index in [-0.39, 0.29) is 10.7 Å². The van der Waals surface area contributed by atoms with Gasteiger partial charge in [0, 0.05) is 16.5 Å². The second kappa shape index (κ2) is 6.64. The van der Waals surface area contributed by atoms with Crippen LogP contribution in [0.3, 0.4) is 0 Å². The van der Waals surface area contributed by atoms with E-state index < -0.39 is 16.8 Å². The van der Waals surface area contributed by atoms with Crippen molar-refractivity contribution in [3.8, 4) is 0 Å². The van der Waals surface area contributed by atoms with E-state index in [0.717, 1.165) is 11.3 Å². The van der Waals surface area contributed by atoms with Crippen molar-refractivity contribution in [2.75, 3.05) is 0 Å². The molecule has 1 aromatic carbocycles. The van der Waals surface area contributed by atoms with Crippen LogP contribution in [0.15, 0.2) is 48.2 Å². The number of nitrogens with zero attached hydrogens (tertiary/aromatic N) is 1. The number of carboxylic acid groups (broad SMARTS) is 1. The Morgan fingerprint density at radius 2 is 1.86 bits per heavy atom. The maximum atomic E-state index is 11.9. The summed E-state index contributed by atoms with van der Waals surface area (Å²) >= 11 is 0.820. The number of thiophene rings is 1. The summed E-state index contributed by atoms with van der Waals surface area (Å²) in [6, 6.07) is 10.8. The Bertz CT molecular complexity index is 752. The van der Waals surface area contributed by atoms with E-state index in [1.807, 2.05) is 0 Å². The average molecular weight is 318 g/mol. The van der Waals surface area contributed by atoms with Gasteiger partial charge in [0.05, 0.1) is 4.92 Å². The van der Waals surface area contributed by atoms with Gasteiger partial charge >= 0.3 is 11.0 Å². The molecule has 2 aromatic rings. The summed E-state index contributed by atoms with van der Waals surface area (Å²) in [6.45, 7) is 0. The number of aliphatic carboxylic acids is 1. The zero-order valence-corrected chi connectivity index (χ0v) is 11.9. The summed E-state index contributed by atoms with van der Waals surface area (Å²) < 4.78 is 0. The molecule has 0 spiro atoms. The number of hydrogen-bond donors (Lipinski definition) is 2. The first kappa shape index (κ1) is 15.4. The lowest BCUT2D eigenvalue weighted by molar-refractivity contribution is -0.380. The first-order valence-electron chi connectivity index (χ1n) is 6.03. The largest absolute Gasteiger partial charge is 0.477 e. The second-order valence-corrected chi connectivity index (χ2v) is 5.21. The van der Waals surface area contributed by atoms with Crippen LogP contribution in [0.1, 0.15) is 15.2 Å². The fourth-order valence-electron chi connectivity index (χ4n) is 1.60. The van der Waals surface area contributed by atoms with Gasteiger partial charge in [-0.1, -0.05) is 29.5 Å². The second-order valence-electron chi connectivity index (χ2n) is 4.12. The van der Waals surface area contributed by atoms with E-state index in [1.165, 1.54) is 18.2 Å². The molecule has 22 heavy (non-hydrogen) atoms. The van der Waals surface area contributed by atoms with Gasteiger partial charge in [-0.15, -0.1) is 0 Å². The van der Waals surface area contributed by atoms with Crippen molar-refractivity contribution in [1.82, 2.24) is 5.32 Å². The number of nitrogens with one attached hydrogen (secondary N) is 1. The van der Waals surface area contributed by atoms with Gasteiger partial charge in [-0.2, -0.15) is 0 Å². The molecule has 2 N–H and O–H groups in total. The molecule has 112 valence electrons. The molecule has 0 fully saturated rings. The zero-order chi connectivity index (χ0) is 16.1. The predicted octanol–water partition coefficient (Wildman–Crippen LogP) is 2.51. The molecular weight excluding hydrogens is 308 g/mol. The number of carboxylic acids is 1. The zero-order valence-electron chi connectivity index (χ0n) is 11.1. The molecule has 0 saturated heterocycles. The lowest BCUT2D eigenvalue weighted by Gasteiger charge is -2.05. The van der Waals surface area contributed by atoms with E-state index in [1.54, 1.807) is 30.3 Å². The lowest BCUT2D eigenvalue weighted by Crippen LogP contribution is -2.27. The normalized spacial score (nSPS) is 11.0. The van der Waals surface area contributed by atoms with Gasteiger partial charge in [-0.05, 0) is 24.3 Å². The summed E-state index contributed by atoms with van der Waals surface area (Å²) in [5, 5.41) is 21.9. The van der Waals surface area contributed by atoms with Gasteiger partial charge in [-0.3, -0.25) is 14.9 Å². The fraction of sp³-hybridized carbons (Fsp3) is 0. The van der Waals surface area contributed by atoms with Crippen molar-refractivity contribution < 1.29 is 19.6 Å². The Morgan fingerprint density at radius 1 is 1.18 bits per heavy atom. The summed E-state index contributed by atoms with van der Waals surface area (Å²) in [5.74, 6) is -1.90. The number of carbonyl (C=O) groups is 2. The highest BCUT2D eigenvalue weighted by Gasteiger charge is 2.15. The van der Waals surface area contributed by atoms with Crippen molar-refractivity contribution in [3.05, 3.63) is 68.7 Å². The smallest absolute Gasteiger partial charge is 0.352 e. The first-order valence-corrected chi connectivity index (χ1v) is 6.84. The highest BCUT2D eigenvalue weighted by atomic mass is 32.1. The molecule has 0 aliphatic rings. The van der Waals surface area contributed by atoms with Crippen molar-refractivity contribution in [3.63, 3.8) is 0 Å². The van der Waals surface area contributed by atoms with Crippen molar-refractivity contribution >= 4 is 34.3 Å². The van der Waals surface area contributed by atoms with Crippen LogP contribution < -0.4 is 5.32 Å². The van der Waals surface area contributed by atoms with Gasteiger partial charge < -0.3 is 10.4 Å². The molecule has 0 atom stereocenters. The van der Waals surface area contributed by atoms with Crippen molar-refractivity contribution in [2.24, 2.45) is 0 Å². The van der Waals surface area contributed by atoms with Crippen LogP contribution in [-0.4, -0.2) is 21.9 Å². The van der Waals surface area contributed by atoms with Crippen LogP contribution in [0.2, 0.25) is 0 Å². The Labute approximate surface area is 128 Å². The Hall–Kier alpha value is -3.00. The number of rotatable bonds is 5. The molecule has 0 saturated carbocycles. The quantitative estimate of drug-likeness (QED) is 0.500. The molecule has 1 aromatic heterocycles.